The van der Waals surface area contributed by atoms with Crippen molar-refractivity contribution in [2.75, 3.05) is 12.4 Å². The summed E-state index contributed by atoms with van der Waals surface area (Å²) in [4.78, 5) is 15.9. The van der Waals surface area contributed by atoms with E-state index in [4.69, 9.17) is 4.42 Å². The summed E-state index contributed by atoms with van der Waals surface area (Å²) in [5, 5.41) is 5.66. The molecule has 0 aliphatic rings. The molecule has 18 heavy (non-hydrogen) atoms. The molecule has 1 amide bonds. The van der Waals surface area contributed by atoms with Crippen molar-refractivity contribution in [2.24, 2.45) is 0 Å². The minimum atomic E-state index is -0.276. The van der Waals surface area contributed by atoms with E-state index in [-0.39, 0.29) is 11.6 Å². The summed E-state index contributed by atoms with van der Waals surface area (Å²) in [5.74, 6) is 0.215. The van der Waals surface area contributed by atoms with Crippen LogP contribution in [-0.2, 0) is 6.54 Å². The lowest BCUT2D eigenvalue weighted by atomic mass is 10.3. The molecule has 0 radical (unpaired) electrons. The molecule has 5 nitrogen and oxygen atoms in total. The summed E-state index contributed by atoms with van der Waals surface area (Å²) < 4.78 is 6.26. The molecule has 94 valence electrons. The van der Waals surface area contributed by atoms with Crippen LogP contribution in [0.4, 0.5) is 5.69 Å². The third-order valence-electron chi connectivity index (χ3n) is 2.21. The van der Waals surface area contributed by atoms with Crippen molar-refractivity contribution in [3.8, 4) is 0 Å². The minimum Gasteiger partial charge on any atom is -0.447 e. The molecule has 0 spiro atoms. The molecule has 2 N–H and O–H groups in total. The number of carbonyl (C=O) groups excluding carboxylic acids is 1. The van der Waals surface area contributed by atoms with Gasteiger partial charge in [-0.05, 0) is 53.9 Å². The molecule has 0 unspecified atom stereocenters. The summed E-state index contributed by atoms with van der Waals surface area (Å²) >= 11 is 2.21. The van der Waals surface area contributed by atoms with Crippen molar-refractivity contribution in [3.63, 3.8) is 0 Å². The number of halogens is 1. The predicted octanol–water partition coefficient (Wildman–Crippen LogP) is 2.25. The number of aromatic nitrogens is 1. The zero-order valence-electron chi connectivity index (χ0n) is 9.74. The van der Waals surface area contributed by atoms with E-state index < -0.39 is 0 Å². The van der Waals surface area contributed by atoms with Gasteiger partial charge >= 0.3 is 0 Å². The van der Waals surface area contributed by atoms with Gasteiger partial charge in [-0.3, -0.25) is 4.79 Å². The molecular weight excluding hydrogens is 345 g/mol. The summed E-state index contributed by atoms with van der Waals surface area (Å²) in [6.07, 6.45) is 1.36. The quantitative estimate of drug-likeness (QED) is 0.824. The number of benzene rings is 1. The molecule has 2 aromatic rings. The largest absolute Gasteiger partial charge is 0.447 e. The fourth-order valence-corrected chi connectivity index (χ4v) is 1.74. The monoisotopic (exact) mass is 357 g/mol. The zero-order valence-corrected chi connectivity index (χ0v) is 11.9. The number of oxazole rings is 1. The van der Waals surface area contributed by atoms with Gasteiger partial charge in [0.25, 0.3) is 5.91 Å². The average Bonchev–Trinajstić information content (AvgIpc) is 2.81. The van der Waals surface area contributed by atoms with Crippen LogP contribution in [0.25, 0.3) is 0 Å². The first-order chi connectivity index (χ1) is 8.69. The highest BCUT2D eigenvalue weighted by Gasteiger charge is 2.11. The molecule has 2 rings (SSSR count). The number of nitrogens with one attached hydrogen (secondary N) is 2. The fourth-order valence-electron chi connectivity index (χ4n) is 1.38. The van der Waals surface area contributed by atoms with E-state index >= 15 is 0 Å². The standard InChI is InChI=1S/C12H12IN3O2/c1-14-6-11-16-10(7-18-11)12(17)15-9-4-2-8(13)3-5-9/h2-5,7,14H,6H2,1H3,(H,15,17). The Labute approximate surface area is 118 Å². The lowest BCUT2D eigenvalue weighted by molar-refractivity contribution is 0.102. The van der Waals surface area contributed by atoms with Crippen LogP contribution in [-0.4, -0.2) is 17.9 Å². The lowest BCUT2D eigenvalue weighted by Gasteiger charge is -2.02. The molecule has 1 aromatic carbocycles. The second kappa shape index (κ2) is 5.96. The van der Waals surface area contributed by atoms with Gasteiger partial charge in [0.05, 0.1) is 6.54 Å². The number of anilines is 1. The maximum absolute atomic E-state index is 11.9. The predicted molar refractivity (Wildman–Crippen MR) is 76.4 cm³/mol. The number of nitrogens with zero attached hydrogens (tertiary/aromatic N) is 1. The van der Waals surface area contributed by atoms with Crippen molar-refractivity contribution in [1.82, 2.24) is 10.3 Å². The molecule has 1 heterocycles. The van der Waals surface area contributed by atoms with Crippen LogP contribution >= 0.6 is 22.6 Å². The van der Waals surface area contributed by atoms with Crippen molar-refractivity contribution in [1.29, 1.82) is 0 Å². The van der Waals surface area contributed by atoms with Gasteiger partial charge in [-0.15, -0.1) is 0 Å². The highest BCUT2D eigenvalue weighted by Crippen LogP contribution is 2.12. The van der Waals surface area contributed by atoms with Gasteiger partial charge < -0.3 is 15.1 Å². The first-order valence-corrected chi connectivity index (χ1v) is 6.43. The maximum atomic E-state index is 11.9. The van der Waals surface area contributed by atoms with Gasteiger partial charge in [0.15, 0.2) is 5.69 Å². The van der Waals surface area contributed by atoms with Crippen molar-refractivity contribution >= 4 is 34.2 Å². The lowest BCUT2D eigenvalue weighted by Crippen LogP contribution is -2.13. The van der Waals surface area contributed by atoms with E-state index in [1.165, 1.54) is 6.26 Å². The topological polar surface area (TPSA) is 67.2 Å². The Bertz CT molecular complexity index is 537. The second-order valence-electron chi connectivity index (χ2n) is 3.62. The fraction of sp³-hybridized carbons (Fsp3) is 0.167. The molecule has 1 aromatic heterocycles. The molecular formula is C12H12IN3O2. The Kier molecular flexibility index (Phi) is 4.32. The molecule has 6 heteroatoms. The Balaban J connectivity index is 2.04. The van der Waals surface area contributed by atoms with Crippen LogP contribution in [0.2, 0.25) is 0 Å². The van der Waals surface area contributed by atoms with Crippen LogP contribution in [0.15, 0.2) is 34.9 Å². The highest BCUT2D eigenvalue weighted by molar-refractivity contribution is 14.1. The van der Waals surface area contributed by atoms with Crippen LogP contribution in [0.3, 0.4) is 0 Å². The Hall–Kier alpha value is -1.41. The molecule has 0 aliphatic heterocycles. The molecule has 0 aliphatic carbocycles. The number of amides is 1. The normalized spacial score (nSPS) is 10.3. The van der Waals surface area contributed by atoms with E-state index in [0.29, 0.717) is 12.4 Å². The van der Waals surface area contributed by atoms with Gasteiger partial charge in [-0.25, -0.2) is 4.98 Å². The van der Waals surface area contributed by atoms with E-state index in [1.807, 2.05) is 24.3 Å². The highest BCUT2D eigenvalue weighted by atomic mass is 127. The van der Waals surface area contributed by atoms with Crippen LogP contribution in [0, 0.1) is 3.57 Å². The summed E-state index contributed by atoms with van der Waals surface area (Å²) in [6, 6.07) is 7.53. The van der Waals surface area contributed by atoms with Gasteiger partial charge in [-0.1, -0.05) is 0 Å². The molecule has 0 saturated heterocycles. The number of hydrogen-bond acceptors (Lipinski definition) is 4. The molecule has 0 fully saturated rings. The van der Waals surface area contributed by atoms with Crippen molar-refractivity contribution in [3.05, 3.63) is 45.7 Å². The molecule has 0 saturated carbocycles. The minimum absolute atomic E-state index is 0.276. The van der Waals surface area contributed by atoms with E-state index in [2.05, 4.69) is 38.2 Å². The molecule has 0 atom stereocenters. The first-order valence-electron chi connectivity index (χ1n) is 5.35. The van der Waals surface area contributed by atoms with E-state index in [1.54, 1.807) is 7.05 Å². The zero-order chi connectivity index (χ0) is 13.0. The molecule has 0 bridgehead atoms. The third kappa shape index (κ3) is 3.30. The van der Waals surface area contributed by atoms with E-state index in [9.17, 15) is 4.79 Å². The Morgan fingerprint density at radius 2 is 2.11 bits per heavy atom. The number of carbonyl (C=O) groups is 1. The van der Waals surface area contributed by atoms with Crippen molar-refractivity contribution < 1.29 is 9.21 Å². The smallest absolute Gasteiger partial charge is 0.277 e. The number of hydrogen-bond donors (Lipinski definition) is 2. The van der Waals surface area contributed by atoms with Crippen LogP contribution < -0.4 is 10.6 Å². The first kappa shape index (κ1) is 13.0. The summed E-state index contributed by atoms with van der Waals surface area (Å²) in [5.41, 5.74) is 1.01. The number of rotatable bonds is 4. The summed E-state index contributed by atoms with van der Waals surface area (Å²) in [6.45, 7) is 0.497. The van der Waals surface area contributed by atoms with Gasteiger partial charge in [0.2, 0.25) is 5.89 Å². The SMILES string of the molecule is CNCc1nc(C(=O)Nc2ccc(I)cc2)co1. The van der Waals surface area contributed by atoms with Crippen LogP contribution in [0.5, 0.6) is 0 Å². The van der Waals surface area contributed by atoms with Crippen LogP contribution in [0.1, 0.15) is 16.4 Å². The van der Waals surface area contributed by atoms with Gasteiger partial charge in [0, 0.05) is 9.26 Å². The second-order valence-corrected chi connectivity index (χ2v) is 4.86. The summed E-state index contributed by atoms with van der Waals surface area (Å²) in [7, 11) is 1.79. The Morgan fingerprint density at radius 1 is 1.39 bits per heavy atom. The van der Waals surface area contributed by atoms with Gasteiger partial charge in [0.1, 0.15) is 6.26 Å². The maximum Gasteiger partial charge on any atom is 0.277 e. The van der Waals surface area contributed by atoms with Crippen molar-refractivity contribution in [2.45, 2.75) is 6.54 Å². The Morgan fingerprint density at radius 3 is 2.78 bits per heavy atom. The average molecular weight is 357 g/mol. The third-order valence-corrected chi connectivity index (χ3v) is 2.93. The van der Waals surface area contributed by atoms with Gasteiger partial charge in [-0.2, -0.15) is 0 Å². The van der Waals surface area contributed by atoms with E-state index in [0.717, 1.165) is 9.26 Å².